The number of aromatic nitrogens is 4. The number of nitrogens with zero attached hydrogens (tertiary/aromatic N) is 4. The van der Waals surface area contributed by atoms with Crippen LogP contribution in [0, 0.1) is 0 Å². The van der Waals surface area contributed by atoms with Crippen LogP contribution >= 0.6 is 0 Å². The third-order valence-electron chi connectivity index (χ3n) is 2.64. The minimum absolute atomic E-state index is 0.318. The minimum Gasteiger partial charge on any atom is -0.318 e. The Kier molecular flexibility index (Phi) is 2.31. The second-order valence-corrected chi connectivity index (χ2v) is 3.74. The van der Waals surface area contributed by atoms with E-state index in [4.69, 9.17) is 5.73 Å². The van der Waals surface area contributed by atoms with Gasteiger partial charge in [-0.25, -0.2) is 0 Å². The zero-order valence-corrected chi connectivity index (χ0v) is 9.06. The molecule has 5 nitrogen and oxygen atoms in total. The van der Waals surface area contributed by atoms with E-state index >= 15 is 0 Å². The van der Waals surface area contributed by atoms with Gasteiger partial charge >= 0.3 is 0 Å². The van der Waals surface area contributed by atoms with Crippen molar-refractivity contribution >= 4 is 5.65 Å². The van der Waals surface area contributed by atoms with Gasteiger partial charge in [0.1, 0.15) is 0 Å². The van der Waals surface area contributed by atoms with E-state index in [0.717, 1.165) is 5.56 Å². The van der Waals surface area contributed by atoms with Crippen molar-refractivity contribution in [2.45, 2.75) is 6.04 Å². The van der Waals surface area contributed by atoms with E-state index in [1.165, 1.54) is 0 Å². The van der Waals surface area contributed by atoms with Gasteiger partial charge in [-0.2, -0.15) is 9.61 Å². The number of rotatable bonds is 2. The lowest BCUT2D eigenvalue weighted by atomic mass is 10.1. The second-order valence-electron chi connectivity index (χ2n) is 3.74. The van der Waals surface area contributed by atoms with E-state index in [1.807, 2.05) is 42.5 Å². The predicted molar refractivity (Wildman–Crippen MR) is 63.3 cm³/mol. The maximum absolute atomic E-state index is 6.16. The number of fused-ring (bicyclic) bond motifs is 1. The lowest BCUT2D eigenvalue weighted by Crippen LogP contribution is -2.16. The summed E-state index contributed by atoms with van der Waals surface area (Å²) in [7, 11) is 0. The molecule has 3 rings (SSSR count). The van der Waals surface area contributed by atoms with Crippen molar-refractivity contribution in [1.29, 1.82) is 0 Å². The van der Waals surface area contributed by atoms with Crippen LogP contribution in [0.15, 0.2) is 48.7 Å². The fourth-order valence-corrected chi connectivity index (χ4v) is 1.76. The van der Waals surface area contributed by atoms with E-state index in [1.54, 1.807) is 10.7 Å². The molecule has 0 amide bonds. The highest BCUT2D eigenvalue weighted by Crippen LogP contribution is 2.17. The highest BCUT2D eigenvalue weighted by molar-refractivity contribution is 5.37. The molecule has 0 aliphatic carbocycles. The summed E-state index contributed by atoms with van der Waals surface area (Å²) in [6.45, 7) is 0. The van der Waals surface area contributed by atoms with Gasteiger partial charge in [-0.05, 0) is 17.7 Å². The molecule has 2 heterocycles. The van der Waals surface area contributed by atoms with Gasteiger partial charge in [0, 0.05) is 6.20 Å². The summed E-state index contributed by atoms with van der Waals surface area (Å²) >= 11 is 0. The van der Waals surface area contributed by atoms with Gasteiger partial charge in [0.25, 0.3) is 0 Å². The summed E-state index contributed by atoms with van der Waals surface area (Å²) in [6.07, 6.45) is 1.69. The van der Waals surface area contributed by atoms with Crippen molar-refractivity contribution in [3.05, 3.63) is 60.0 Å². The van der Waals surface area contributed by atoms with E-state index in [0.29, 0.717) is 11.5 Å². The molecule has 1 aromatic carbocycles. The van der Waals surface area contributed by atoms with E-state index in [-0.39, 0.29) is 6.04 Å². The van der Waals surface area contributed by atoms with Gasteiger partial charge in [0.05, 0.1) is 6.04 Å². The van der Waals surface area contributed by atoms with Crippen LogP contribution in [0.4, 0.5) is 0 Å². The van der Waals surface area contributed by atoms with Crippen LogP contribution in [0.2, 0.25) is 0 Å². The molecule has 0 spiro atoms. The third-order valence-corrected chi connectivity index (χ3v) is 2.64. The summed E-state index contributed by atoms with van der Waals surface area (Å²) in [4.78, 5) is 0. The lowest BCUT2D eigenvalue weighted by Gasteiger charge is -2.08. The van der Waals surface area contributed by atoms with Crippen LogP contribution in [0.1, 0.15) is 17.4 Å². The average Bonchev–Trinajstić information content (AvgIpc) is 2.83. The Morgan fingerprint density at radius 2 is 1.82 bits per heavy atom. The highest BCUT2D eigenvalue weighted by Gasteiger charge is 2.15. The van der Waals surface area contributed by atoms with Gasteiger partial charge in [-0.3, -0.25) is 0 Å². The summed E-state index contributed by atoms with van der Waals surface area (Å²) < 4.78 is 1.66. The van der Waals surface area contributed by atoms with Crippen LogP contribution < -0.4 is 5.73 Å². The second kappa shape index (κ2) is 3.95. The van der Waals surface area contributed by atoms with Gasteiger partial charge < -0.3 is 5.73 Å². The van der Waals surface area contributed by atoms with Gasteiger partial charge in [0.2, 0.25) is 0 Å². The first-order chi connectivity index (χ1) is 8.36. The minimum atomic E-state index is -0.318. The first-order valence-corrected chi connectivity index (χ1v) is 5.33. The molecule has 0 saturated carbocycles. The Bertz CT molecular complexity index is 631. The lowest BCUT2D eigenvalue weighted by molar-refractivity contribution is 0.727. The molecule has 0 saturated heterocycles. The van der Waals surface area contributed by atoms with Crippen LogP contribution in [-0.4, -0.2) is 19.8 Å². The Morgan fingerprint density at radius 3 is 2.65 bits per heavy atom. The molecular formula is C12H11N5. The summed E-state index contributed by atoms with van der Waals surface area (Å²) in [6, 6.07) is 13.1. The predicted octanol–water partition coefficient (Wildman–Crippen LogP) is 1.17. The van der Waals surface area contributed by atoms with Crippen molar-refractivity contribution in [2.75, 3.05) is 0 Å². The third kappa shape index (κ3) is 1.66. The summed E-state index contributed by atoms with van der Waals surface area (Å²) in [5, 5.41) is 12.3. The van der Waals surface area contributed by atoms with Crippen LogP contribution in [0.25, 0.3) is 5.65 Å². The summed E-state index contributed by atoms with van der Waals surface area (Å²) in [5.74, 6) is 0.645. The standard InChI is InChI=1S/C12H11N5/c13-11(9-5-2-1-3-6-9)12-16-15-10-7-4-8-14-17(10)12/h1-8,11H,13H2. The van der Waals surface area contributed by atoms with Crippen molar-refractivity contribution in [3.63, 3.8) is 0 Å². The first-order valence-electron chi connectivity index (χ1n) is 5.33. The van der Waals surface area contributed by atoms with Crippen LogP contribution in [0.5, 0.6) is 0 Å². The van der Waals surface area contributed by atoms with E-state index in [2.05, 4.69) is 15.3 Å². The monoisotopic (exact) mass is 225 g/mol. The molecule has 17 heavy (non-hydrogen) atoms. The van der Waals surface area contributed by atoms with Crippen molar-refractivity contribution < 1.29 is 0 Å². The molecule has 2 aromatic heterocycles. The molecule has 84 valence electrons. The van der Waals surface area contributed by atoms with Crippen molar-refractivity contribution in [1.82, 2.24) is 19.8 Å². The Morgan fingerprint density at radius 1 is 1.00 bits per heavy atom. The molecule has 0 bridgehead atoms. The molecule has 3 aromatic rings. The van der Waals surface area contributed by atoms with E-state index in [9.17, 15) is 0 Å². The first kappa shape index (κ1) is 9.92. The fourth-order valence-electron chi connectivity index (χ4n) is 1.76. The Balaban J connectivity index is 2.10. The SMILES string of the molecule is NC(c1ccccc1)c1nnc2cccnn12. The normalized spacial score (nSPS) is 12.8. The smallest absolute Gasteiger partial charge is 0.177 e. The molecule has 0 radical (unpaired) electrons. The molecular weight excluding hydrogens is 214 g/mol. The van der Waals surface area contributed by atoms with Gasteiger partial charge in [-0.15, -0.1) is 10.2 Å². The molecule has 0 fully saturated rings. The highest BCUT2D eigenvalue weighted by atomic mass is 15.4. The molecule has 0 aliphatic rings. The maximum Gasteiger partial charge on any atom is 0.177 e. The Hall–Kier alpha value is -2.27. The average molecular weight is 225 g/mol. The van der Waals surface area contributed by atoms with E-state index < -0.39 is 0 Å². The van der Waals surface area contributed by atoms with Crippen molar-refractivity contribution in [2.24, 2.45) is 5.73 Å². The van der Waals surface area contributed by atoms with Gasteiger partial charge in [-0.1, -0.05) is 30.3 Å². The topological polar surface area (TPSA) is 69.1 Å². The quantitative estimate of drug-likeness (QED) is 0.710. The molecule has 2 N–H and O–H groups in total. The fraction of sp³-hybridized carbons (Fsp3) is 0.0833. The number of nitrogens with two attached hydrogens (primary N) is 1. The largest absolute Gasteiger partial charge is 0.318 e. The van der Waals surface area contributed by atoms with Crippen molar-refractivity contribution in [3.8, 4) is 0 Å². The molecule has 5 heteroatoms. The zero-order valence-electron chi connectivity index (χ0n) is 9.06. The molecule has 1 unspecified atom stereocenters. The summed E-state index contributed by atoms with van der Waals surface area (Å²) in [5.41, 5.74) is 7.86. The number of hydrogen-bond donors (Lipinski definition) is 1. The Labute approximate surface area is 97.9 Å². The molecule has 1 atom stereocenters. The van der Waals surface area contributed by atoms with Crippen LogP contribution in [0.3, 0.4) is 0 Å². The number of benzene rings is 1. The molecule has 0 aliphatic heterocycles. The maximum atomic E-state index is 6.16. The number of hydrogen-bond acceptors (Lipinski definition) is 4. The van der Waals surface area contributed by atoms with Gasteiger partial charge in [0.15, 0.2) is 11.5 Å². The van der Waals surface area contributed by atoms with Crippen LogP contribution in [-0.2, 0) is 0 Å². The zero-order chi connectivity index (χ0) is 11.7.